The number of pyridine rings is 1. The van der Waals surface area contributed by atoms with Crippen LogP contribution in [0.4, 0.5) is 10.5 Å². The van der Waals surface area contributed by atoms with Gasteiger partial charge in [0.15, 0.2) is 5.65 Å². The Kier molecular flexibility index (Phi) is 5.05. The van der Waals surface area contributed by atoms with Gasteiger partial charge in [0.1, 0.15) is 5.54 Å². The third kappa shape index (κ3) is 3.67. The number of amides is 3. The van der Waals surface area contributed by atoms with Crippen molar-refractivity contribution in [3.8, 4) is 0 Å². The lowest BCUT2D eigenvalue weighted by atomic mass is 10.0. The van der Waals surface area contributed by atoms with Gasteiger partial charge < -0.3 is 4.40 Å². The number of anilines is 1. The molecule has 0 aromatic carbocycles. The van der Waals surface area contributed by atoms with E-state index in [1.165, 1.54) is 11.9 Å². The first-order valence-corrected chi connectivity index (χ1v) is 11.8. The van der Waals surface area contributed by atoms with E-state index in [1.807, 2.05) is 44.4 Å². The standard InChI is InChI=1S/C22H31N5O3S/c1-13(24-31(30)21(2,3)4)16-12-26-11-15(14-8-9-14)10-17(18(26)23-16)27-20(29)25(7)19(28)22(27,5)6/h10-14,24H,8-9H2,1-7H3/t13-,31?/m1/s1. The van der Waals surface area contributed by atoms with Crippen molar-refractivity contribution in [2.24, 2.45) is 0 Å². The van der Waals surface area contributed by atoms with Crippen molar-refractivity contribution >= 4 is 34.3 Å². The molecule has 2 aliphatic rings. The van der Waals surface area contributed by atoms with Crippen LogP contribution in [-0.2, 0) is 15.8 Å². The Labute approximate surface area is 185 Å². The summed E-state index contributed by atoms with van der Waals surface area (Å²) in [5.41, 5.74) is 2.11. The predicted octanol–water partition coefficient (Wildman–Crippen LogP) is 3.50. The zero-order valence-electron chi connectivity index (χ0n) is 19.2. The number of hydrogen-bond acceptors (Lipinski definition) is 4. The Morgan fingerprint density at radius 2 is 1.87 bits per heavy atom. The van der Waals surface area contributed by atoms with Crippen LogP contribution in [0.5, 0.6) is 0 Å². The molecule has 2 aromatic rings. The van der Waals surface area contributed by atoms with Crippen molar-refractivity contribution in [1.29, 1.82) is 0 Å². The number of urea groups is 1. The second-order valence-corrected chi connectivity index (χ2v) is 12.1. The summed E-state index contributed by atoms with van der Waals surface area (Å²) in [6.45, 7) is 11.2. The van der Waals surface area contributed by atoms with Crippen LogP contribution in [0.25, 0.3) is 5.65 Å². The lowest BCUT2D eigenvalue weighted by molar-refractivity contribution is -0.128. The molecule has 9 heteroatoms. The summed E-state index contributed by atoms with van der Waals surface area (Å²) in [4.78, 5) is 33.2. The highest BCUT2D eigenvalue weighted by atomic mass is 32.2. The SMILES string of the molecule is C[C@@H](NS(=O)C(C)(C)C)c1cn2cc(C3CC3)cc(N3C(=O)N(C)C(=O)C3(C)C)c2n1. The van der Waals surface area contributed by atoms with Crippen LogP contribution in [0, 0.1) is 0 Å². The summed E-state index contributed by atoms with van der Waals surface area (Å²) >= 11 is 0. The monoisotopic (exact) mass is 445 g/mol. The van der Waals surface area contributed by atoms with Gasteiger partial charge in [-0.25, -0.2) is 18.7 Å². The summed E-state index contributed by atoms with van der Waals surface area (Å²) in [6.07, 6.45) is 6.21. The van der Waals surface area contributed by atoms with Crippen LogP contribution in [-0.4, -0.2) is 47.8 Å². The molecule has 0 radical (unpaired) electrons. The first-order valence-electron chi connectivity index (χ1n) is 10.7. The second kappa shape index (κ2) is 7.13. The summed E-state index contributed by atoms with van der Waals surface area (Å²) in [6, 6.07) is 1.40. The number of nitrogens with zero attached hydrogens (tertiary/aromatic N) is 4. The zero-order chi connectivity index (χ0) is 22.9. The van der Waals surface area contributed by atoms with E-state index in [4.69, 9.17) is 4.98 Å². The van der Waals surface area contributed by atoms with Crippen molar-refractivity contribution in [2.75, 3.05) is 11.9 Å². The molecule has 3 amide bonds. The number of aromatic nitrogens is 2. The van der Waals surface area contributed by atoms with Gasteiger partial charge >= 0.3 is 6.03 Å². The minimum atomic E-state index is -1.24. The van der Waals surface area contributed by atoms with Crippen molar-refractivity contribution in [3.63, 3.8) is 0 Å². The van der Waals surface area contributed by atoms with Gasteiger partial charge in [-0.05, 0) is 71.9 Å². The fourth-order valence-electron chi connectivity index (χ4n) is 3.92. The quantitative estimate of drug-likeness (QED) is 0.714. The molecule has 3 heterocycles. The number of hydrogen-bond donors (Lipinski definition) is 1. The number of nitrogens with one attached hydrogen (secondary N) is 1. The number of imidazole rings is 1. The number of carbonyl (C=O) groups is 2. The molecule has 2 aromatic heterocycles. The first-order chi connectivity index (χ1) is 14.3. The minimum Gasteiger partial charge on any atom is -0.305 e. The maximum atomic E-state index is 13.0. The van der Waals surface area contributed by atoms with Crippen LogP contribution in [0.3, 0.4) is 0 Å². The summed E-state index contributed by atoms with van der Waals surface area (Å²) in [5.74, 6) is 0.224. The second-order valence-electron chi connectivity index (χ2n) is 10.1. The molecule has 1 unspecified atom stereocenters. The Morgan fingerprint density at radius 1 is 1.23 bits per heavy atom. The number of imide groups is 1. The Morgan fingerprint density at radius 3 is 2.39 bits per heavy atom. The molecule has 1 N–H and O–H groups in total. The molecule has 31 heavy (non-hydrogen) atoms. The van der Waals surface area contributed by atoms with Gasteiger partial charge in [0.2, 0.25) is 0 Å². The molecular formula is C22H31N5O3S. The van der Waals surface area contributed by atoms with Crippen molar-refractivity contribution < 1.29 is 13.8 Å². The molecule has 8 nitrogen and oxygen atoms in total. The van der Waals surface area contributed by atoms with Crippen LogP contribution >= 0.6 is 0 Å². The van der Waals surface area contributed by atoms with Gasteiger partial charge in [-0.3, -0.25) is 14.6 Å². The van der Waals surface area contributed by atoms with E-state index in [1.54, 1.807) is 18.7 Å². The molecule has 1 aliphatic carbocycles. The van der Waals surface area contributed by atoms with Crippen LogP contribution in [0.1, 0.15) is 77.6 Å². The average molecular weight is 446 g/mol. The molecular weight excluding hydrogens is 414 g/mol. The zero-order valence-corrected chi connectivity index (χ0v) is 20.0. The lowest BCUT2D eigenvalue weighted by Crippen LogP contribution is -2.44. The molecule has 2 atom stereocenters. The molecule has 2 fully saturated rings. The van der Waals surface area contributed by atoms with Gasteiger partial charge in [0.05, 0.1) is 33.2 Å². The molecule has 4 rings (SSSR count). The van der Waals surface area contributed by atoms with Crippen LogP contribution in [0.2, 0.25) is 0 Å². The maximum Gasteiger partial charge on any atom is 0.332 e. The topological polar surface area (TPSA) is 87.0 Å². The molecule has 0 spiro atoms. The van der Waals surface area contributed by atoms with Crippen molar-refractivity contribution in [2.45, 2.75) is 76.6 Å². The number of carbonyl (C=O) groups excluding carboxylic acids is 2. The Hall–Kier alpha value is -2.26. The van der Waals surface area contributed by atoms with E-state index < -0.39 is 21.3 Å². The van der Waals surface area contributed by atoms with Gasteiger partial charge in [-0.15, -0.1) is 0 Å². The summed E-state index contributed by atoms with van der Waals surface area (Å²) in [7, 11) is 0.272. The number of fused-ring (bicyclic) bond motifs is 1. The first kappa shape index (κ1) is 22.0. The van der Waals surface area contributed by atoms with Crippen molar-refractivity contribution in [1.82, 2.24) is 19.0 Å². The molecule has 1 saturated carbocycles. The predicted molar refractivity (Wildman–Crippen MR) is 121 cm³/mol. The summed E-state index contributed by atoms with van der Waals surface area (Å²) in [5, 5.41) is 0. The van der Waals surface area contributed by atoms with E-state index in [0.717, 1.165) is 24.1 Å². The van der Waals surface area contributed by atoms with Gasteiger partial charge in [0, 0.05) is 19.4 Å². The third-order valence-electron chi connectivity index (χ3n) is 6.01. The maximum absolute atomic E-state index is 13.0. The van der Waals surface area contributed by atoms with Gasteiger partial charge in [-0.1, -0.05) is 0 Å². The number of likely N-dealkylation sites (N-methyl/N-ethyl adjacent to an activating group) is 1. The van der Waals surface area contributed by atoms with Crippen LogP contribution in [0.15, 0.2) is 18.5 Å². The van der Waals surface area contributed by atoms with E-state index >= 15 is 0 Å². The molecule has 0 bridgehead atoms. The van der Waals surface area contributed by atoms with Crippen molar-refractivity contribution in [3.05, 3.63) is 29.7 Å². The summed E-state index contributed by atoms with van der Waals surface area (Å²) < 4.78 is 17.2. The molecule has 168 valence electrons. The average Bonchev–Trinajstić information content (AvgIpc) is 3.41. The van der Waals surface area contributed by atoms with E-state index in [9.17, 15) is 13.8 Å². The minimum absolute atomic E-state index is 0.241. The molecule has 1 saturated heterocycles. The van der Waals surface area contributed by atoms with E-state index in [-0.39, 0.29) is 18.0 Å². The molecule has 1 aliphatic heterocycles. The Balaban J connectivity index is 1.81. The van der Waals surface area contributed by atoms with Gasteiger partial charge in [0.25, 0.3) is 5.91 Å². The highest BCUT2D eigenvalue weighted by Crippen LogP contribution is 2.43. The lowest BCUT2D eigenvalue weighted by Gasteiger charge is -2.28. The van der Waals surface area contributed by atoms with Crippen LogP contribution < -0.4 is 9.62 Å². The van der Waals surface area contributed by atoms with E-state index in [0.29, 0.717) is 17.3 Å². The number of rotatable bonds is 5. The third-order valence-corrected chi connectivity index (χ3v) is 7.69. The fraction of sp³-hybridized carbons (Fsp3) is 0.591. The van der Waals surface area contributed by atoms with E-state index in [2.05, 4.69) is 10.9 Å². The smallest absolute Gasteiger partial charge is 0.305 e. The highest BCUT2D eigenvalue weighted by Gasteiger charge is 2.51. The van der Waals surface area contributed by atoms with Gasteiger partial charge in [-0.2, -0.15) is 0 Å². The normalized spacial score (nSPS) is 21.3. The largest absolute Gasteiger partial charge is 0.332 e. The fourth-order valence-corrected chi connectivity index (χ4v) is 4.71. The Bertz CT molecular complexity index is 1100. The highest BCUT2D eigenvalue weighted by molar-refractivity contribution is 7.84.